The largest absolute Gasteiger partial charge is 0.375 e. The fourth-order valence-electron chi connectivity index (χ4n) is 1.53. The zero-order valence-corrected chi connectivity index (χ0v) is 10.9. The van der Waals surface area contributed by atoms with Crippen LogP contribution in [0.15, 0.2) is 29.8 Å². The summed E-state index contributed by atoms with van der Waals surface area (Å²) in [6.07, 6.45) is 1.91. The van der Waals surface area contributed by atoms with Crippen LogP contribution in [0.25, 0.3) is 10.6 Å². The Kier molecular flexibility index (Phi) is 4.49. The molecule has 0 spiro atoms. The topological polar surface area (TPSA) is 56.1 Å². The van der Waals surface area contributed by atoms with Crippen molar-refractivity contribution in [3.8, 4) is 10.6 Å². The first-order valence-electron chi connectivity index (χ1n) is 5.62. The van der Waals surface area contributed by atoms with Crippen molar-refractivity contribution >= 4 is 17.2 Å². The summed E-state index contributed by atoms with van der Waals surface area (Å²) in [7, 11) is 1.50. The van der Waals surface area contributed by atoms with Crippen LogP contribution in [-0.2, 0) is 16.1 Å². The van der Waals surface area contributed by atoms with Crippen LogP contribution < -0.4 is 5.32 Å². The van der Waals surface area contributed by atoms with Gasteiger partial charge in [0.1, 0.15) is 12.3 Å². The molecule has 2 heterocycles. The Bertz CT molecular complexity index is 493. The number of aromatic nitrogens is 2. The highest BCUT2D eigenvalue weighted by Gasteiger charge is 2.03. The minimum atomic E-state index is -0.108. The molecule has 0 aliphatic carbocycles. The molecule has 2 rings (SSSR count). The van der Waals surface area contributed by atoms with Crippen molar-refractivity contribution in [1.82, 2.24) is 15.1 Å². The van der Waals surface area contributed by atoms with Crippen LogP contribution >= 0.6 is 11.3 Å². The molecule has 5 nitrogen and oxygen atoms in total. The summed E-state index contributed by atoms with van der Waals surface area (Å²) in [4.78, 5) is 12.3. The zero-order chi connectivity index (χ0) is 12.8. The number of methoxy groups -OCH3 is 1. The van der Waals surface area contributed by atoms with E-state index < -0.39 is 0 Å². The molecule has 2 aromatic rings. The summed E-state index contributed by atoms with van der Waals surface area (Å²) in [5.41, 5.74) is 0.966. The number of nitrogens with zero attached hydrogens (tertiary/aromatic N) is 2. The van der Waals surface area contributed by atoms with Gasteiger partial charge in [-0.1, -0.05) is 6.07 Å². The molecule has 0 bridgehead atoms. The monoisotopic (exact) mass is 265 g/mol. The lowest BCUT2D eigenvalue weighted by atomic mass is 10.3. The second-order valence-electron chi connectivity index (χ2n) is 3.72. The Hall–Kier alpha value is -1.66. The summed E-state index contributed by atoms with van der Waals surface area (Å²) in [5, 5.41) is 9.22. The van der Waals surface area contributed by atoms with Gasteiger partial charge in [-0.3, -0.25) is 9.48 Å². The Balaban J connectivity index is 1.82. The SMILES string of the molecule is COCC(=O)NCCn1ccc(-c2cccs2)n1. The first-order valence-corrected chi connectivity index (χ1v) is 6.50. The Labute approximate surface area is 109 Å². The average molecular weight is 265 g/mol. The minimum Gasteiger partial charge on any atom is -0.375 e. The molecule has 0 aliphatic rings. The number of hydrogen-bond acceptors (Lipinski definition) is 4. The second-order valence-corrected chi connectivity index (χ2v) is 4.67. The number of rotatable bonds is 6. The van der Waals surface area contributed by atoms with Gasteiger partial charge in [-0.15, -0.1) is 11.3 Å². The molecule has 0 aliphatic heterocycles. The van der Waals surface area contributed by atoms with Gasteiger partial charge in [-0.2, -0.15) is 5.10 Å². The van der Waals surface area contributed by atoms with E-state index in [0.717, 1.165) is 10.6 Å². The van der Waals surface area contributed by atoms with E-state index in [1.165, 1.54) is 7.11 Å². The van der Waals surface area contributed by atoms with Crippen molar-refractivity contribution in [1.29, 1.82) is 0 Å². The molecular formula is C12H15N3O2S. The lowest BCUT2D eigenvalue weighted by molar-refractivity contribution is -0.124. The van der Waals surface area contributed by atoms with Gasteiger partial charge in [-0.25, -0.2) is 0 Å². The molecule has 0 unspecified atom stereocenters. The predicted molar refractivity (Wildman–Crippen MR) is 70.4 cm³/mol. The van der Waals surface area contributed by atoms with E-state index in [0.29, 0.717) is 13.1 Å². The highest BCUT2D eigenvalue weighted by Crippen LogP contribution is 2.22. The number of carbonyl (C=O) groups excluding carboxylic acids is 1. The molecule has 0 atom stereocenters. The van der Waals surface area contributed by atoms with Crippen molar-refractivity contribution in [3.05, 3.63) is 29.8 Å². The molecule has 0 saturated heterocycles. The van der Waals surface area contributed by atoms with Crippen LogP contribution in [0.5, 0.6) is 0 Å². The van der Waals surface area contributed by atoms with E-state index in [9.17, 15) is 4.79 Å². The maximum absolute atomic E-state index is 11.2. The molecule has 96 valence electrons. The van der Waals surface area contributed by atoms with Gasteiger partial charge < -0.3 is 10.1 Å². The summed E-state index contributed by atoms with van der Waals surface area (Å²) < 4.78 is 6.55. The third-order valence-corrected chi connectivity index (χ3v) is 3.25. The van der Waals surface area contributed by atoms with Crippen molar-refractivity contribution < 1.29 is 9.53 Å². The van der Waals surface area contributed by atoms with Crippen molar-refractivity contribution in [2.75, 3.05) is 20.3 Å². The molecule has 6 heteroatoms. The molecule has 0 aromatic carbocycles. The standard InChI is InChI=1S/C12H15N3O2S/c1-17-9-12(16)13-5-7-15-6-4-10(14-15)11-3-2-8-18-11/h2-4,6,8H,5,7,9H2,1H3,(H,13,16). The Morgan fingerprint density at radius 3 is 3.17 bits per heavy atom. The highest BCUT2D eigenvalue weighted by atomic mass is 32.1. The average Bonchev–Trinajstić information content (AvgIpc) is 2.99. The van der Waals surface area contributed by atoms with Crippen LogP contribution in [-0.4, -0.2) is 35.9 Å². The molecule has 18 heavy (non-hydrogen) atoms. The maximum atomic E-state index is 11.2. The van der Waals surface area contributed by atoms with Crippen LogP contribution in [0.4, 0.5) is 0 Å². The van der Waals surface area contributed by atoms with Crippen LogP contribution in [0.3, 0.4) is 0 Å². The summed E-state index contributed by atoms with van der Waals surface area (Å²) in [6, 6.07) is 6.02. The smallest absolute Gasteiger partial charge is 0.246 e. The van der Waals surface area contributed by atoms with Crippen molar-refractivity contribution in [2.45, 2.75) is 6.54 Å². The minimum absolute atomic E-state index is 0.0968. The van der Waals surface area contributed by atoms with E-state index in [-0.39, 0.29) is 12.5 Å². The molecule has 0 fully saturated rings. The lowest BCUT2D eigenvalue weighted by Gasteiger charge is -2.04. The van der Waals surface area contributed by atoms with E-state index in [2.05, 4.69) is 10.4 Å². The fraction of sp³-hybridized carbons (Fsp3) is 0.333. The Morgan fingerprint density at radius 1 is 1.56 bits per heavy atom. The second kappa shape index (κ2) is 6.32. The Morgan fingerprint density at radius 2 is 2.44 bits per heavy atom. The summed E-state index contributed by atoms with van der Waals surface area (Å²) in [6.45, 7) is 1.30. The van der Waals surface area contributed by atoms with Gasteiger partial charge in [0, 0.05) is 19.9 Å². The normalized spacial score (nSPS) is 10.5. The van der Waals surface area contributed by atoms with Gasteiger partial charge in [0.25, 0.3) is 0 Å². The number of ether oxygens (including phenoxy) is 1. The van der Waals surface area contributed by atoms with Crippen molar-refractivity contribution in [2.24, 2.45) is 0 Å². The molecule has 1 amide bonds. The van der Waals surface area contributed by atoms with Gasteiger partial charge in [0.2, 0.25) is 5.91 Å². The highest BCUT2D eigenvalue weighted by molar-refractivity contribution is 7.13. The number of amides is 1. The molecule has 0 radical (unpaired) electrons. The first kappa shape index (κ1) is 12.8. The van der Waals surface area contributed by atoms with Gasteiger partial charge in [0.15, 0.2) is 0 Å². The fourth-order valence-corrected chi connectivity index (χ4v) is 2.22. The van der Waals surface area contributed by atoms with E-state index in [4.69, 9.17) is 4.74 Å². The quantitative estimate of drug-likeness (QED) is 0.858. The van der Waals surface area contributed by atoms with Crippen LogP contribution in [0.2, 0.25) is 0 Å². The molecule has 0 saturated carbocycles. The molecule has 2 aromatic heterocycles. The third-order valence-electron chi connectivity index (χ3n) is 2.35. The van der Waals surface area contributed by atoms with Gasteiger partial charge >= 0.3 is 0 Å². The van der Waals surface area contributed by atoms with Gasteiger partial charge in [-0.05, 0) is 17.5 Å². The number of thiophene rings is 1. The predicted octanol–water partition coefficient (Wildman–Crippen LogP) is 1.37. The summed E-state index contributed by atoms with van der Waals surface area (Å²) >= 11 is 1.66. The number of hydrogen-bond donors (Lipinski definition) is 1. The number of nitrogens with one attached hydrogen (secondary N) is 1. The maximum Gasteiger partial charge on any atom is 0.246 e. The molecular weight excluding hydrogens is 250 g/mol. The third kappa shape index (κ3) is 3.41. The van der Waals surface area contributed by atoms with Gasteiger partial charge in [0.05, 0.1) is 11.4 Å². The molecule has 1 N–H and O–H groups in total. The zero-order valence-electron chi connectivity index (χ0n) is 10.1. The summed E-state index contributed by atoms with van der Waals surface area (Å²) in [5.74, 6) is -0.108. The van der Waals surface area contributed by atoms with E-state index in [1.54, 1.807) is 11.3 Å². The van der Waals surface area contributed by atoms with E-state index >= 15 is 0 Å². The van der Waals surface area contributed by atoms with Crippen molar-refractivity contribution in [3.63, 3.8) is 0 Å². The number of carbonyl (C=O) groups is 1. The van der Waals surface area contributed by atoms with Crippen LogP contribution in [0, 0.1) is 0 Å². The lowest BCUT2D eigenvalue weighted by Crippen LogP contribution is -2.30. The van der Waals surface area contributed by atoms with Crippen LogP contribution in [0.1, 0.15) is 0 Å². The first-order chi connectivity index (χ1) is 8.79. The van der Waals surface area contributed by atoms with E-state index in [1.807, 2.05) is 34.5 Å².